The molecule has 1 amide bonds. The summed E-state index contributed by atoms with van der Waals surface area (Å²) < 4.78 is 6.14. The van der Waals surface area contributed by atoms with Crippen LogP contribution >= 0.6 is 11.8 Å². The van der Waals surface area contributed by atoms with Crippen LogP contribution in [0.5, 0.6) is 5.75 Å². The van der Waals surface area contributed by atoms with Gasteiger partial charge in [0.1, 0.15) is 11.1 Å². The molecule has 2 aromatic rings. The molecular formula is C22H28N2O2S. The van der Waals surface area contributed by atoms with E-state index in [1.165, 1.54) is 0 Å². The smallest absolute Gasteiger partial charge is 0.225 e. The Morgan fingerprint density at radius 1 is 1.11 bits per heavy atom. The number of rotatable bonds is 8. The molecule has 3 rings (SSSR count). The molecule has 1 aliphatic heterocycles. The molecule has 1 aliphatic rings. The number of para-hydroxylation sites is 2. The van der Waals surface area contributed by atoms with Gasteiger partial charge in [-0.1, -0.05) is 55.9 Å². The van der Waals surface area contributed by atoms with Gasteiger partial charge in [0.25, 0.3) is 0 Å². The lowest BCUT2D eigenvalue weighted by Gasteiger charge is -2.25. The third-order valence-corrected chi connectivity index (χ3v) is 6.18. The molecule has 0 radical (unpaired) electrons. The lowest BCUT2D eigenvalue weighted by atomic mass is 10.1. The van der Waals surface area contributed by atoms with E-state index in [-0.39, 0.29) is 11.3 Å². The van der Waals surface area contributed by atoms with Crippen molar-refractivity contribution in [3.8, 4) is 5.75 Å². The van der Waals surface area contributed by atoms with Crippen molar-refractivity contribution in [2.75, 3.05) is 31.1 Å². The number of ether oxygens (including phenoxy) is 1. The largest absolute Gasteiger partial charge is 0.493 e. The zero-order valence-corrected chi connectivity index (χ0v) is 17.2. The average molecular weight is 385 g/mol. The van der Waals surface area contributed by atoms with E-state index in [1.54, 1.807) is 18.7 Å². The van der Waals surface area contributed by atoms with Gasteiger partial charge < -0.3 is 9.64 Å². The molecule has 144 valence electrons. The van der Waals surface area contributed by atoms with E-state index in [0.29, 0.717) is 6.61 Å². The van der Waals surface area contributed by atoms with Crippen molar-refractivity contribution in [2.45, 2.75) is 37.5 Å². The highest BCUT2D eigenvalue weighted by molar-refractivity contribution is 8.00. The molecule has 1 atom stereocenters. The lowest BCUT2D eigenvalue weighted by Crippen LogP contribution is -2.28. The molecule has 0 N–H and O–H groups in total. The minimum absolute atomic E-state index is 0.0498. The number of carbonyl (C=O) groups excluding carboxylic acids is 1. The van der Waals surface area contributed by atoms with Crippen LogP contribution in [-0.4, -0.2) is 37.0 Å². The Bertz CT molecular complexity index is 776. The molecule has 0 spiro atoms. The van der Waals surface area contributed by atoms with Crippen molar-refractivity contribution in [1.29, 1.82) is 0 Å². The molecule has 2 aromatic carbocycles. The highest BCUT2D eigenvalue weighted by Gasteiger charge is 2.35. The van der Waals surface area contributed by atoms with Gasteiger partial charge in [0.05, 0.1) is 12.3 Å². The lowest BCUT2D eigenvalue weighted by molar-refractivity contribution is -0.116. The molecule has 0 fully saturated rings. The van der Waals surface area contributed by atoms with E-state index in [9.17, 15) is 4.79 Å². The van der Waals surface area contributed by atoms with Gasteiger partial charge in [0.15, 0.2) is 0 Å². The normalized spacial score (nSPS) is 15.9. The number of amides is 1. The maximum Gasteiger partial charge on any atom is 0.225 e. The van der Waals surface area contributed by atoms with Crippen LogP contribution in [0.2, 0.25) is 0 Å². The molecule has 1 heterocycles. The standard InChI is InChI=1S/C22H28N2O2S/c1-4-23(5-2)15-10-16-26-20-13-8-6-11-18(20)22-24(17(3)25)19-12-7-9-14-21(19)27-22/h6-9,11-14,22H,4-5,10,15-16H2,1-3H3. The minimum atomic E-state index is -0.0844. The Kier molecular flexibility index (Phi) is 6.80. The zero-order chi connectivity index (χ0) is 19.2. The Balaban J connectivity index is 1.75. The van der Waals surface area contributed by atoms with Crippen molar-refractivity contribution in [2.24, 2.45) is 0 Å². The Hall–Kier alpha value is -1.98. The first-order valence-electron chi connectivity index (χ1n) is 9.65. The molecule has 27 heavy (non-hydrogen) atoms. The highest BCUT2D eigenvalue weighted by Crippen LogP contribution is 2.52. The topological polar surface area (TPSA) is 32.8 Å². The molecule has 5 heteroatoms. The van der Waals surface area contributed by atoms with Crippen molar-refractivity contribution in [3.63, 3.8) is 0 Å². The zero-order valence-electron chi connectivity index (χ0n) is 16.4. The Morgan fingerprint density at radius 3 is 2.56 bits per heavy atom. The molecule has 1 unspecified atom stereocenters. The van der Waals surface area contributed by atoms with E-state index in [1.807, 2.05) is 41.3 Å². The SMILES string of the molecule is CCN(CC)CCCOc1ccccc1C1Sc2ccccc2N1C(C)=O. The Morgan fingerprint density at radius 2 is 1.81 bits per heavy atom. The van der Waals surface area contributed by atoms with E-state index >= 15 is 0 Å². The van der Waals surface area contributed by atoms with Crippen LogP contribution < -0.4 is 9.64 Å². The van der Waals surface area contributed by atoms with Crippen LogP contribution in [0.15, 0.2) is 53.4 Å². The van der Waals surface area contributed by atoms with Gasteiger partial charge in [0, 0.05) is 23.9 Å². The summed E-state index contributed by atoms with van der Waals surface area (Å²) in [6.07, 6.45) is 0.991. The van der Waals surface area contributed by atoms with Crippen molar-refractivity contribution in [1.82, 2.24) is 4.90 Å². The second-order valence-electron chi connectivity index (χ2n) is 6.59. The van der Waals surface area contributed by atoms with E-state index in [4.69, 9.17) is 4.74 Å². The van der Waals surface area contributed by atoms with Crippen LogP contribution in [0.1, 0.15) is 38.1 Å². The van der Waals surface area contributed by atoms with Crippen LogP contribution in [0, 0.1) is 0 Å². The number of nitrogens with zero attached hydrogens (tertiary/aromatic N) is 2. The predicted octanol–water partition coefficient (Wildman–Crippen LogP) is 4.95. The van der Waals surface area contributed by atoms with Crippen molar-refractivity contribution < 1.29 is 9.53 Å². The van der Waals surface area contributed by atoms with Gasteiger partial charge in [-0.2, -0.15) is 0 Å². The van der Waals surface area contributed by atoms with Gasteiger partial charge in [0.2, 0.25) is 5.91 Å². The van der Waals surface area contributed by atoms with Gasteiger partial charge in [-0.3, -0.25) is 9.69 Å². The van der Waals surface area contributed by atoms with E-state index in [2.05, 4.69) is 30.9 Å². The molecule has 0 saturated heterocycles. The third-order valence-electron chi connectivity index (χ3n) is 4.89. The second-order valence-corrected chi connectivity index (χ2v) is 7.72. The van der Waals surface area contributed by atoms with Crippen molar-refractivity contribution >= 4 is 23.4 Å². The molecule has 0 saturated carbocycles. The number of fused-ring (bicyclic) bond motifs is 1. The fourth-order valence-corrected chi connectivity index (χ4v) is 4.79. The third kappa shape index (κ3) is 4.47. The first kappa shape index (κ1) is 19.8. The van der Waals surface area contributed by atoms with Gasteiger partial charge >= 0.3 is 0 Å². The van der Waals surface area contributed by atoms with E-state index < -0.39 is 0 Å². The summed E-state index contributed by atoms with van der Waals surface area (Å²) in [7, 11) is 0. The molecule has 0 aliphatic carbocycles. The summed E-state index contributed by atoms with van der Waals surface area (Å²) >= 11 is 1.71. The number of carbonyl (C=O) groups is 1. The summed E-state index contributed by atoms with van der Waals surface area (Å²) in [5.74, 6) is 0.919. The maximum absolute atomic E-state index is 12.4. The Labute approximate surface area is 166 Å². The number of anilines is 1. The van der Waals surface area contributed by atoms with Crippen LogP contribution in [0.25, 0.3) is 0 Å². The molecule has 0 aromatic heterocycles. The van der Waals surface area contributed by atoms with Crippen LogP contribution in [-0.2, 0) is 4.79 Å². The quantitative estimate of drug-likeness (QED) is 0.603. The molecule has 4 nitrogen and oxygen atoms in total. The maximum atomic E-state index is 12.4. The van der Waals surface area contributed by atoms with Gasteiger partial charge in [-0.25, -0.2) is 0 Å². The van der Waals surface area contributed by atoms with Crippen LogP contribution in [0.3, 0.4) is 0 Å². The monoisotopic (exact) mass is 384 g/mol. The summed E-state index contributed by atoms with van der Waals surface area (Å²) in [5.41, 5.74) is 2.04. The molecular weight excluding hydrogens is 356 g/mol. The molecule has 0 bridgehead atoms. The van der Waals surface area contributed by atoms with Crippen molar-refractivity contribution in [3.05, 3.63) is 54.1 Å². The van der Waals surface area contributed by atoms with Gasteiger partial charge in [-0.05, 0) is 37.7 Å². The number of hydrogen-bond acceptors (Lipinski definition) is 4. The van der Waals surface area contributed by atoms with E-state index in [0.717, 1.165) is 48.0 Å². The summed E-state index contributed by atoms with van der Waals surface area (Å²) in [6.45, 7) is 9.85. The minimum Gasteiger partial charge on any atom is -0.493 e. The first-order valence-corrected chi connectivity index (χ1v) is 10.5. The van der Waals surface area contributed by atoms with Gasteiger partial charge in [-0.15, -0.1) is 0 Å². The van der Waals surface area contributed by atoms with Crippen LogP contribution in [0.4, 0.5) is 5.69 Å². The number of benzene rings is 2. The number of thioether (sulfide) groups is 1. The highest BCUT2D eigenvalue weighted by atomic mass is 32.2. The fourth-order valence-electron chi connectivity index (χ4n) is 3.42. The average Bonchev–Trinajstić information content (AvgIpc) is 3.08. The summed E-state index contributed by atoms with van der Waals surface area (Å²) in [4.78, 5) is 17.8. The number of hydrogen-bond donors (Lipinski definition) is 0. The first-order chi connectivity index (χ1) is 13.2. The second kappa shape index (κ2) is 9.29. The summed E-state index contributed by atoms with van der Waals surface area (Å²) in [6, 6.07) is 16.2. The predicted molar refractivity (Wildman–Crippen MR) is 113 cm³/mol. The summed E-state index contributed by atoms with van der Waals surface area (Å²) in [5, 5.41) is -0.0844. The fraction of sp³-hybridized carbons (Fsp3) is 0.409.